The van der Waals surface area contributed by atoms with Gasteiger partial charge in [-0.2, -0.15) is 4.91 Å². The van der Waals surface area contributed by atoms with Crippen molar-refractivity contribution >= 4 is 5.78 Å². The standard InChI is InChI=1S/C23H33N3O3/c1-22-8-5-14(26-29-15-7-10-24-13-15)11-19(22)20(25-28)12-16-17-3-4-21(27)23(17,2)9-6-18(16)22/h5,11,15-18,20,24,26H,3-4,6-10,12-13H2,1-2H3/t15-,16-,17-,18-,20?,22+,23-/m0/s1. The molecule has 6 heteroatoms. The van der Waals surface area contributed by atoms with E-state index >= 15 is 0 Å². The smallest absolute Gasteiger partial charge is 0.139 e. The summed E-state index contributed by atoms with van der Waals surface area (Å²) in [5, 5.41) is 6.89. The van der Waals surface area contributed by atoms with Crippen molar-refractivity contribution in [3.05, 3.63) is 28.3 Å². The molecule has 4 fully saturated rings. The molecule has 0 radical (unpaired) electrons. The molecule has 6 nitrogen and oxygen atoms in total. The summed E-state index contributed by atoms with van der Waals surface area (Å²) in [6, 6.07) is -0.294. The topological polar surface area (TPSA) is 79.8 Å². The van der Waals surface area contributed by atoms with Gasteiger partial charge < -0.3 is 5.32 Å². The van der Waals surface area contributed by atoms with Crippen molar-refractivity contribution in [1.29, 1.82) is 0 Å². The Bertz CT molecular complexity index is 771. The molecule has 0 aromatic carbocycles. The Labute approximate surface area is 172 Å². The third-order valence-corrected chi connectivity index (χ3v) is 9.02. The fourth-order valence-corrected chi connectivity index (χ4v) is 7.29. The second-order valence-electron chi connectivity index (χ2n) is 10.4. The highest BCUT2D eigenvalue weighted by atomic mass is 16.7. The monoisotopic (exact) mass is 399 g/mol. The summed E-state index contributed by atoms with van der Waals surface area (Å²) in [6.45, 7) is 6.36. The van der Waals surface area contributed by atoms with Crippen LogP contribution in [0, 0.1) is 33.5 Å². The molecule has 0 amide bonds. The number of nitroso groups, excluding NO2 is 1. The van der Waals surface area contributed by atoms with Crippen molar-refractivity contribution in [2.24, 2.45) is 33.8 Å². The summed E-state index contributed by atoms with van der Waals surface area (Å²) >= 11 is 0. The fourth-order valence-electron chi connectivity index (χ4n) is 7.29. The molecule has 5 rings (SSSR count). The lowest BCUT2D eigenvalue weighted by molar-refractivity contribution is -0.132. The van der Waals surface area contributed by atoms with Crippen LogP contribution in [0.1, 0.15) is 58.8 Å². The number of allylic oxidation sites excluding steroid dienone is 2. The summed E-state index contributed by atoms with van der Waals surface area (Å²) in [5.74, 6) is 1.80. The van der Waals surface area contributed by atoms with E-state index in [1.165, 1.54) is 5.57 Å². The van der Waals surface area contributed by atoms with Gasteiger partial charge in [-0.15, -0.1) is 0 Å². The number of Topliss-reactive ketones (excluding diaryl/α,β-unsaturated/α-hetero) is 1. The molecule has 2 N–H and O–H groups in total. The Kier molecular flexibility index (Phi) is 4.70. The molecule has 0 bridgehead atoms. The normalized spacial score (nSPS) is 46.3. The Morgan fingerprint density at radius 1 is 1.21 bits per heavy atom. The van der Waals surface area contributed by atoms with Crippen molar-refractivity contribution in [3.8, 4) is 0 Å². The molecule has 0 aromatic heterocycles. The van der Waals surface area contributed by atoms with Crippen molar-refractivity contribution in [2.45, 2.75) is 70.9 Å². The number of nitrogens with zero attached hydrogens (tertiary/aromatic N) is 1. The predicted octanol–water partition coefficient (Wildman–Crippen LogP) is 3.64. The van der Waals surface area contributed by atoms with E-state index in [0.717, 1.165) is 57.3 Å². The molecule has 1 aliphatic heterocycles. The van der Waals surface area contributed by atoms with E-state index in [1.807, 2.05) is 0 Å². The molecule has 158 valence electrons. The lowest BCUT2D eigenvalue weighted by Crippen LogP contribution is -2.53. The number of hydrogen-bond acceptors (Lipinski definition) is 6. The zero-order valence-electron chi connectivity index (χ0n) is 17.6. The number of carbonyl (C=O) groups excluding carboxylic acids is 1. The zero-order chi connectivity index (χ0) is 20.2. The minimum Gasteiger partial charge on any atom is -0.314 e. The van der Waals surface area contributed by atoms with Crippen LogP contribution >= 0.6 is 0 Å². The number of fused-ring (bicyclic) bond motifs is 5. The van der Waals surface area contributed by atoms with Crippen LogP contribution in [0.4, 0.5) is 0 Å². The second kappa shape index (κ2) is 7.02. The van der Waals surface area contributed by atoms with Crippen LogP contribution in [-0.2, 0) is 9.63 Å². The van der Waals surface area contributed by atoms with Gasteiger partial charge >= 0.3 is 0 Å². The molecule has 3 saturated carbocycles. The molecular weight excluding hydrogens is 366 g/mol. The lowest BCUT2D eigenvalue weighted by atomic mass is 9.47. The van der Waals surface area contributed by atoms with E-state index in [1.54, 1.807) is 0 Å². The van der Waals surface area contributed by atoms with Crippen LogP contribution in [0.3, 0.4) is 0 Å². The van der Waals surface area contributed by atoms with Crippen LogP contribution in [0.5, 0.6) is 0 Å². The van der Waals surface area contributed by atoms with Crippen molar-refractivity contribution in [3.63, 3.8) is 0 Å². The lowest BCUT2D eigenvalue weighted by Gasteiger charge is -2.57. The summed E-state index contributed by atoms with van der Waals surface area (Å²) in [4.78, 5) is 30.4. The van der Waals surface area contributed by atoms with Gasteiger partial charge in [0.25, 0.3) is 0 Å². The van der Waals surface area contributed by atoms with E-state index in [0.29, 0.717) is 30.0 Å². The van der Waals surface area contributed by atoms with Crippen molar-refractivity contribution < 1.29 is 9.63 Å². The van der Waals surface area contributed by atoms with Gasteiger partial charge in [-0.05, 0) is 79.9 Å². The van der Waals surface area contributed by atoms with Gasteiger partial charge in [0.1, 0.15) is 11.8 Å². The Balaban J connectivity index is 1.39. The number of hydrogen-bond donors (Lipinski definition) is 2. The predicted molar refractivity (Wildman–Crippen MR) is 111 cm³/mol. The van der Waals surface area contributed by atoms with Crippen LogP contribution in [-0.4, -0.2) is 31.0 Å². The molecule has 1 heterocycles. The molecule has 1 saturated heterocycles. The maximum atomic E-state index is 12.6. The van der Waals surface area contributed by atoms with Crippen LogP contribution in [0.15, 0.2) is 28.6 Å². The molecular formula is C23H33N3O3. The summed E-state index contributed by atoms with van der Waals surface area (Å²) in [7, 11) is 0. The largest absolute Gasteiger partial charge is 0.314 e. The minimum atomic E-state index is -0.294. The first kappa shape index (κ1) is 19.4. The van der Waals surface area contributed by atoms with Crippen LogP contribution in [0.2, 0.25) is 0 Å². The van der Waals surface area contributed by atoms with E-state index in [-0.39, 0.29) is 23.0 Å². The average molecular weight is 400 g/mol. The zero-order valence-corrected chi connectivity index (χ0v) is 17.6. The first-order chi connectivity index (χ1) is 14.0. The van der Waals surface area contributed by atoms with Gasteiger partial charge in [0.2, 0.25) is 0 Å². The Hall–Kier alpha value is -1.53. The number of hydroxylamine groups is 1. The molecule has 0 spiro atoms. The highest BCUT2D eigenvalue weighted by molar-refractivity contribution is 5.87. The second-order valence-corrected chi connectivity index (χ2v) is 10.4. The molecule has 0 aromatic rings. The third kappa shape index (κ3) is 2.94. The number of ketones is 1. The Morgan fingerprint density at radius 2 is 2.03 bits per heavy atom. The van der Waals surface area contributed by atoms with Gasteiger partial charge in [-0.1, -0.05) is 25.1 Å². The van der Waals surface area contributed by atoms with E-state index in [4.69, 9.17) is 4.84 Å². The van der Waals surface area contributed by atoms with Gasteiger partial charge in [0, 0.05) is 18.4 Å². The number of nitrogens with one attached hydrogen (secondary N) is 2. The molecule has 1 unspecified atom stereocenters. The average Bonchev–Trinajstić information content (AvgIpc) is 3.34. The first-order valence-electron chi connectivity index (χ1n) is 11.4. The fraction of sp³-hybridized carbons (Fsp3) is 0.783. The summed E-state index contributed by atoms with van der Waals surface area (Å²) < 4.78 is 0. The van der Waals surface area contributed by atoms with Gasteiger partial charge in [0.15, 0.2) is 0 Å². The third-order valence-electron chi connectivity index (χ3n) is 9.02. The number of rotatable bonds is 4. The molecule has 29 heavy (non-hydrogen) atoms. The molecule has 7 atom stereocenters. The van der Waals surface area contributed by atoms with E-state index in [2.05, 4.69) is 42.0 Å². The van der Waals surface area contributed by atoms with Crippen molar-refractivity contribution in [1.82, 2.24) is 10.8 Å². The maximum absolute atomic E-state index is 12.6. The summed E-state index contributed by atoms with van der Waals surface area (Å²) in [6.07, 6.45) is 11.0. The summed E-state index contributed by atoms with van der Waals surface area (Å²) in [5.41, 5.74) is 5.03. The van der Waals surface area contributed by atoms with Crippen molar-refractivity contribution in [2.75, 3.05) is 13.1 Å². The quantitative estimate of drug-likeness (QED) is 0.557. The van der Waals surface area contributed by atoms with E-state index < -0.39 is 0 Å². The Morgan fingerprint density at radius 3 is 2.79 bits per heavy atom. The molecule has 4 aliphatic carbocycles. The van der Waals surface area contributed by atoms with Crippen LogP contribution in [0.25, 0.3) is 0 Å². The van der Waals surface area contributed by atoms with Gasteiger partial charge in [0.05, 0.1) is 11.8 Å². The minimum absolute atomic E-state index is 0.0471. The van der Waals surface area contributed by atoms with E-state index in [9.17, 15) is 9.70 Å². The molecule has 5 aliphatic rings. The van der Waals surface area contributed by atoms with Gasteiger partial charge in [-0.25, -0.2) is 0 Å². The van der Waals surface area contributed by atoms with Crippen LogP contribution < -0.4 is 10.8 Å². The highest BCUT2D eigenvalue weighted by Gasteiger charge is 2.60. The van der Waals surface area contributed by atoms with Gasteiger partial charge in [-0.3, -0.25) is 15.1 Å². The highest BCUT2D eigenvalue weighted by Crippen LogP contribution is 2.64. The number of carbonyl (C=O) groups is 1. The maximum Gasteiger partial charge on any atom is 0.139 e. The first-order valence-corrected chi connectivity index (χ1v) is 11.4. The SMILES string of the molecule is C[C@]12CC=C(NO[C@H]3CCNC3)C=C1C(N=O)C[C@@H]1[C@@H]2CC[C@]2(C)C(=O)CC[C@@H]12.